The Hall–Kier alpha value is -5.51. The SMILES string of the molecule is CC(C)[C@H](NC(=O)[C@@H](NC(=O)[C@H](CC(=O)O)NC(=O)OCc1ccccc1)C1Cc2ccccc2C1)C(=O)N[C@H](/C=C/C=C/S(C)(=O)=O)CC(=O)O. The van der Waals surface area contributed by atoms with Gasteiger partial charge in [-0.25, -0.2) is 13.2 Å². The monoisotopic (exact) mass is 740 g/mol. The summed E-state index contributed by atoms with van der Waals surface area (Å²) in [6.07, 6.45) is 3.07. The van der Waals surface area contributed by atoms with E-state index in [1.54, 1.807) is 44.2 Å². The number of carbonyl (C=O) groups excluding carboxylic acids is 4. The lowest BCUT2D eigenvalue weighted by molar-refractivity contribution is -0.140. The molecule has 2 aromatic carbocycles. The zero-order valence-corrected chi connectivity index (χ0v) is 29.8. The molecule has 16 heteroatoms. The summed E-state index contributed by atoms with van der Waals surface area (Å²) in [5.41, 5.74) is 2.54. The number of nitrogens with one attached hydrogen (secondary N) is 4. The third kappa shape index (κ3) is 13.7. The number of allylic oxidation sites excluding steroid dienone is 2. The minimum absolute atomic E-state index is 0.140. The van der Waals surface area contributed by atoms with Gasteiger partial charge in [0, 0.05) is 11.7 Å². The maximum atomic E-state index is 14.0. The standard InChI is InChI=1S/C36H44N4O11S/c1-22(2)31(34(46)37-27(19-29(41)42)15-9-10-16-52(3,49)50)39-35(47)32(26-17-24-13-7-8-14-25(24)18-26)40-33(45)28(20-30(43)44)38-36(48)51-21-23-11-5-4-6-12-23/h4-16,22,26-28,31-32H,17-21H2,1-3H3,(H,37,46)(H,38,48)(H,39,47)(H,40,45)(H,41,42)(H,43,44)/b15-9+,16-10+/t27-,28+,31+,32+/m1/s1. The van der Waals surface area contributed by atoms with Crippen LogP contribution in [0.25, 0.3) is 0 Å². The maximum Gasteiger partial charge on any atom is 0.408 e. The zero-order valence-electron chi connectivity index (χ0n) is 29.0. The predicted octanol–water partition coefficient (Wildman–Crippen LogP) is 1.87. The number of hydrogen-bond acceptors (Lipinski definition) is 9. The number of fused-ring (bicyclic) bond motifs is 1. The summed E-state index contributed by atoms with van der Waals surface area (Å²) in [4.78, 5) is 76.9. The Balaban J connectivity index is 1.82. The molecule has 6 N–H and O–H groups in total. The third-order valence-electron chi connectivity index (χ3n) is 8.08. The summed E-state index contributed by atoms with van der Waals surface area (Å²) < 4.78 is 27.9. The molecule has 280 valence electrons. The number of aliphatic carboxylic acids is 2. The minimum atomic E-state index is -3.45. The van der Waals surface area contributed by atoms with Crippen LogP contribution in [0.2, 0.25) is 0 Å². The van der Waals surface area contributed by atoms with Crippen LogP contribution in [0.1, 0.15) is 43.4 Å². The van der Waals surface area contributed by atoms with Crippen molar-refractivity contribution in [1.82, 2.24) is 21.3 Å². The van der Waals surface area contributed by atoms with E-state index in [1.165, 1.54) is 18.2 Å². The van der Waals surface area contributed by atoms with Crippen LogP contribution in [0.15, 0.2) is 78.2 Å². The first kappa shape index (κ1) is 40.9. The van der Waals surface area contributed by atoms with E-state index in [2.05, 4.69) is 21.3 Å². The van der Waals surface area contributed by atoms with Gasteiger partial charge in [0.05, 0.1) is 18.9 Å². The number of carboxylic acids is 2. The van der Waals surface area contributed by atoms with E-state index in [9.17, 15) is 47.4 Å². The Labute approximate surface area is 301 Å². The van der Waals surface area contributed by atoms with Crippen molar-refractivity contribution >= 4 is 45.6 Å². The van der Waals surface area contributed by atoms with Gasteiger partial charge in [0.15, 0.2) is 9.84 Å². The average molecular weight is 741 g/mol. The molecule has 1 aliphatic carbocycles. The molecule has 0 aliphatic heterocycles. The molecule has 4 atom stereocenters. The van der Waals surface area contributed by atoms with E-state index >= 15 is 0 Å². The lowest BCUT2D eigenvalue weighted by atomic mass is 9.93. The topological polar surface area (TPSA) is 234 Å². The first-order chi connectivity index (χ1) is 24.5. The van der Waals surface area contributed by atoms with Crippen molar-refractivity contribution in [3.63, 3.8) is 0 Å². The molecule has 52 heavy (non-hydrogen) atoms. The number of carboxylic acid groups (broad SMARTS) is 2. The van der Waals surface area contributed by atoms with Crippen LogP contribution in [0, 0.1) is 11.8 Å². The van der Waals surface area contributed by atoms with Gasteiger partial charge in [-0.1, -0.05) is 86.7 Å². The normalized spacial score (nSPS) is 15.3. The molecular weight excluding hydrogens is 696 g/mol. The van der Waals surface area contributed by atoms with Crippen molar-refractivity contribution in [1.29, 1.82) is 0 Å². The summed E-state index contributed by atoms with van der Waals surface area (Å²) in [7, 11) is -3.45. The van der Waals surface area contributed by atoms with Crippen LogP contribution < -0.4 is 21.3 Å². The molecule has 2 aromatic rings. The lowest BCUT2D eigenvalue weighted by Crippen LogP contribution is -2.60. The van der Waals surface area contributed by atoms with Crippen LogP contribution in [-0.2, 0) is 58.0 Å². The molecule has 0 fully saturated rings. The van der Waals surface area contributed by atoms with Crippen molar-refractivity contribution in [2.75, 3.05) is 6.26 Å². The molecule has 0 spiro atoms. The van der Waals surface area contributed by atoms with E-state index in [1.807, 2.05) is 24.3 Å². The highest BCUT2D eigenvalue weighted by atomic mass is 32.2. The molecule has 0 bridgehead atoms. The fourth-order valence-electron chi connectivity index (χ4n) is 5.56. The van der Waals surface area contributed by atoms with Crippen molar-refractivity contribution in [3.05, 3.63) is 94.9 Å². The summed E-state index contributed by atoms with van der Waals surface area (Å²) in [5, 5.41) is 29.9. The second-order valence-electron chi connectivity index (χ2n) is 12.8. The van der Waals surface area contributed by atoms with Crippen molar-refractivity contribution in [2.45, 2.75) is 70.3 Å². The number of hydrogen-bond donors (Lipinski definition) is 6. The van der Waals surface area contributed by atoms with Gasteiger partial charge in [0.25, 0.3) is 0 Å². The van der Waals surface area contributed by atoms with Crippen molar-refractivity contribution < 1.29 is 52.1 Å². The molecule has 4 amide bonds. The number of benzene rings is 2. The van der Waals surface area contributed by atoms with Crippen LogP contribution in [-0.4, -0.2) is 84.8 Å². The van der Waals surface area contributed by atoms with E-state index in [4.69, 9.17) is 4.74 Å². The Bertz CT molecular complexity index is 1750. The first-order valence-electron chi connectivity index (χ1n) is 16.5. The molecule has 0 unspecified atom stereocenters. The van der Waals surface area contributed by atoms with E-state index in [-0.39, 0.29) is 6.61 Å². The first-order valence-corrected chi connectivity index (χ1v) is 18.4. The predicted molar refractivity (Wildman–Crippen MR) is 189 cm³/mol. The second kappa shape index (κ2) is 19.2. The molecule has 0 saturated heterocycles. The Morgan fingerprint density at radius 1 is 0.788 bits per heavy atom. The zero-order chi connectivity index (χ0) is 38.4. The van der Waals surface area contributed by atoms with Crippen LogP contribution in [0.3, 0.4) is 0 Å². The molecular formula is C36H44N4O11S. The highest BCUT2D eigenvalue weighted by Crippen LogP contribution is 2.29. The molecule has 15 nitrogen and oxygen atoms in total. The second-order valence-corrected chi connectivity index (χ2v) is 14.7. The molecule has 0 aromatic heterocycles. The van der Waals surface area contributed by atoms with Crippen molar-refractivity contribution in [3.8, 4) is 0 Å². The summed E-state index contributed by atoms with van der Waals surface area (Å²) >= 11 is 0. The van der Waals surface area contributed by atoms with Crippen LogP contribution in [0.4, 0.5) is 4.79 Å². The highest BCUT2D eigenvalue weighted by Gasteiger charge is 2.38. The average Bonchev–Trinajstić information content (AvgIpc) is 3.50. The van der Waals surface area contributed by atoms with Gasteiger partial charge in [-0.05, 0) is 41.4 Å². The van der Waals surface area contributed by atoms with E-state index in [0.29, 0.717) is 18.4 Å². The number of rotatable bonds is 18. The van der Waals surface area contributed by atoms with Crippen LogP contribution in [0.5, 0.6) is 0 Å². The number of carbonyl (C=O) groups is 6. The fraction of sp³-hybridized carbons (Fsp3) is 0.389. The van der Waals surface area contributed by atoms with Gasteiger partial charge in [-0.15, -0.1) is 0 Å². The summed E-state index contributed by atoms with van der Waals surface area (Å²) in [5.74, 6) is -6.15. The number of ether oxygens (including phenoxy) is 1. The molecule has 3 rings (SSSR count). The van der Waals surface area contributed by atoms with Gasteiger partial charge in [-0.2, -0.15) is 0 Å². The Kier molecular flexibility index (Phi) is 15.1. The highest BCUT2D eigenvalue weighted by molar-refractivity contribution is 7.93. The maximum absolute atomic E-state index is 14.0. The molecule has 1 aliphatic rings. The van der Waals surface area contributed by atoms with Gasteiger partial charge in [0.2, 0.25) is 17.7 Å². The quantitative estimate of drug-likeness (QED) is 0.121. The van der Waals surface area contributed by atoms with Gasteiger partial charge in [0.1, 0.15) is 24.7 Å². The fourth-order valence-corrected chi connectivity index (χ4v) is 5.94. The molecule has 0 saturated carbocycles. The lowest BCUT2D eigenvalue weighted by Gasteiger charge is -2.30. The van der Waals surface area contributed by atoms with Crippen LogP contribution >= 0.6 is 0 Å². The van der Waals surface area contributed by atoms with Crippen molar-refractivity contribution in [2.24, 2.45) is 11.8 Å². The number of alkyl carbamates (subject to hydrolysis) is 1. The minimum Gasteiger partial charge on any atom is -0.481 e. The number of sulfone groups is 1. The van der Waals surface area contributed by atoms with E-state index < -0.39 is 94.4 Å². The Morgan fingerprint density at radius 2 is 1.38 bits per heavy atom. The van der Waals surface area contributed by atoms with Gasteiger partial charge < -0.3 is 36.2 Å². The number of amides is 4. The summed E-state index contributed by atoms with van der Waals surface area (Å²) in [6.45, 7) is 3.15. The largest absolute Gasteiger partial charge is 0.481 e. The molecule has 0 radical (unpaired) electrons. The Morgan fingerprint density at radius 3 is 1.94 bits per heavy atom. The third-order valence-corrected chi connectivity index (χ3v) is 8.74. The van der Waals surface area contributed by atoms with Gasteiger partial charge >= 0.3 is 18.0 Å². The summed E-state index contributed by atoms with van der Waals surface area (Å²) in [6, 6.07) is 10.9. The van der Waals surface area contributed by atoms with Gasteiger partial charge in [-0.3, -0.25) is 24.0 Å². The van der Waals surface area contributed by atoms with E-state index in [0.717, 1.165) is 22.8 Å². The molecule has 0 heterocycles. The smallest absolute Gasteiger partial charge is 0.408 e.